The highest BCUT2D eigenvalue weighted by Gasteiger charge is 2.22. The number of amides is 1. The molecular formula is C13H25N3OS. The van der Waals surface area contributed by atoms with Crippen LogP contribution in [0, 0.1) is 5.92 Å². The molecule has 0 aromatic carbocycles. The lowest BCUT2D eigenvalue weighted by atomic mass is 10.1. The number of amidine groups is 1. The Bertz CT molecular complexity index is 301. The van der Waals surface area contributed by atoms with E-state index in [1.165, 1.54) is 0 Å². The van der Waals surface area contributed by atoms with Crippen LogP contribution in [-0.4, -0.2) is 47.4 Å². The van der Waals surface area contributed by atoms with E-state index in [9.17, 15) is 4.79 Å². The first-order valence-corrected chi connectivity index (χ1v) is 7.69. The minimum atomic E-state index is 0.219. The molecule has 0 aromatic rings. The van der Waals surface area contributed by atoms with E-state index in [1.807, 2.05) is 18.7 Å². The Morgan fingerprint density at radius 1 is 1.50 bits per heavy atom. The zero-order valence-corrected chi connectivity index (χ0v) is 12.7. The van der Waals surface area contributed by atoms with Crippen molar-refractivity contribution in [2.75, 3.05) is 26.2 Å². The van der Waals surface area contributed by atoms with E-state index < -0.39 is 0 Å². The maximum Gasteiger partial charge on any atom is 0.224 e. The molecule has 1 N–H and O–H groups in total. The van der Waals surface area contributed by atoms with Crippen molar-refractivity contribution < 1.29 is 4.79 Å². The van der Waals surface area contributed by atoms with Crippen LogP contribution in [0.1, 0.15) is 34.1 Å². The van der Waals surface area contributed by atoms with Gasteiger partial charge in [0.2, 0.25) is 5.91 Å². The van der Waals surface area contributed by atoms with E-state index in [0.717, 1.165) is 24.8 Å². The highest BCUT2D eigenvalue weighted by Crippen LogP contribution is 2.25. The highest BCUT2D eigenvalue weighted by molar-refractivity contribution is 8.14. The molecule has 0 spiro atoms. The molecular weight excluding hydrogens is 246 g/mol. The molecule has 1 heterocycles. The number of carbonyl (C=O) groups is 1. The third kappa shape index (κ3) is 4.52. The minimum Gasteiger partial charge on any atom is -0.364 e. The topological polar surface area (TPSA) is 44.7 Å². The highest BCUT2D eigenvalue weighted by atomic mass is 32.2. The van der Waals surface area contributed by atoms with Gasteiger partial charge in [0.05, 0.1) is 6.54 Å². The monoisotopic (exact) mass is 271 g/mol. The fraction of sp³-hybridized carbons (Fsp3) is 0.846. The number of nitrogens with zero attached hydrogens (tertiary/aromatic N) is 2. The summed E-state index contributed by atoms with van der Waals surface area (Å²) in [6.45, 7) is 11.6. The summed E-state index contributed by atoms with van der Waals surface area (Å²) in [7, 11) is 0. The molecule has 0 fully saturated rings. The number of rotatable bonds is 6. The normalized spacial score (nSPS) is 18.9. The molecule has 0 radical (unpaired) electrons. The van der Waals surface area contributed by atoms with E-state index in [4.69, 9.17) is 0 Å². The van der Waals surface area contributed by atoms with Crippen molar-refractivity contribution >= 4 is 22.8 Å². The third-order valence-electron chi connectivity index (χ3n) is 3.15. The zero-order valence-electron chi connectivity index (χ0n) is 11.9. The molecule has 1 amide bonds. The number of thioether (sulfide) groups is 1. The van der Waals surface area contributed by atoms with Gasteiger partial charge in [-0.05, 0) is 19.8 Å². The van der Waals surface area contributed by atoms with Crippen molar-refractivity contribution in [3.05, 3.63) is 0 Å². The second-order valence-corrected chi connectivity index (χ2v) is 6.02. The van der Waals surface area contributed by atoms with Crippen molar-refractivity contribution in [2.24, 2.45) is 10.9 Å². The second kappa shape index (κ2) is 7.67. The summed E-state index contributed by atoms with van der Waals surface area (Å²) in [5, 5.41) is 4.86. The molecule has 1 aliphatic rings. The fourth-order valence-electron chi connectivity index (χ4n) is 1.85. The number of hydrogen-bond acceptors (Lipinski definition) is 4. The summed E-state index contributed by atoms with van der Waals surface area (Å²) in [5.41, 5.74) is 0. The van der Waals surface area contributed by atoms with E-state index in [-0.39, 0.29) is 5.91 Å². The maximum atomic E-state index is 11.8. The average molecular weight is 271 g/mol. The zero-order chi connectivity index (χ0) is 13.5. The Morgan fingerprint density at radius 2 is 2.17 bits per heavy atom. The largest absolute Gasteiger partial charge is 0.364 e. The molecule has 1 atom stereocenters. The van der Waals surface area contributed by atoms with Crippen molar-refractivity contribution in [1.29, 1.82) is 0 Å². The summed E-state index contributed by atoms with van der Waals surface area (Å²) in [6.07, 6.45) is 0.549. The van der Waals surface area contributed by atoms with Gasteiger partial charge in [-0.2, -0.15) is 0 Å². The van der Waals surface area contributed by atoms with Crippen LogP contribution >= 0.6 is 11.8 Å². The SMILES string of the molecule is CCN(CC)C(=O)CCNC1=NCC(C(C)C)S1. The summed E-state index contributed by atoms with van der Waals surface area (Å²) in [5.74, 6) is 0.867. The van der Waals surface area contributed by atoms with Gasteiger partial charge in [-0.1, -0.05) is 25.6 Å². The summed E-state index contributed by atoms with van der Waals surface area (Å²) >= 11 is 1.80. The number of carbonyl (C=O) groups excluding carboxylic acids is 1. The van der Waals surface area contributed by atoms with Crippen LogP contribution in [0.3, 0.4) is 0 Å². The molecule has 1 unspecified atom stereocenters. The smallest absolute Gasteiger partial charge is 0.224 e. The Morgan fingerprint density at radius 3 is 2.67 bits per heavy atom. The first-order chi connectivity index (χ1) is 8.58. The Labute approximate surface area is 115 Å². The molecule has 5 heteroatoms. The van der Waals surface area contributed by atoms with Crippen LogP contribution in [0.25, 0.3) is 0 Å². The van der Waals surface area contributed by atoms with Crippen LogP contribution in [0.5, 0.6) is 0 Å². The van der Waals surface area contributed by atoms with Gasteiger partial charge < -0.3 is 10.2 Å². The fourth-order valence-corrected chi connectivity index (χ4v) is 2.89. The Kier molecular flexibility index (Phi) is 6.54. The summed E-state index contributed by atoms with van der Waals surface area (Å²) in [4.78, 5) is 18.1. The summed E-state index contributed by atoms with van der Waals surface area (Å²) in [6, 6.07) is 0. The number of nitrogens with one attached hydrogen (secondary N) is 1. The lowest BCUT2D eigenvalue weighted by Gasteiger charge is -2.18. The predicted molar refractivity (Wildman–Crippen MR) is 79.1 cm³/mol. The van der Waals surface area contributed by atoms with Gasteiger partial charge in [-0.3, -0.25) is 9.79 Å². The first-order valence-electron chi connectivity index (χ1n) is 6.81. The quantitative estimate of drug-likeness (QED) is 0.803. The van der Waals surface area contributed by atoms with Gasteiger partial charge >= 0.3 is 0 Å². The van der Waals surface area contributed by atoms with Gasteiger partial charge in [0.25, 0.3) is 0 Å². The standard InChI is InChI=1S/C13H25N3OS/c1-5-16(6-2)12(17)7-8-14-13-15-9-11(18-13)10(3)4/h10-11H,5-9H2,1-4H3,(H,14,15). The Hall–Kier alpha value is -0.710. The van der Waals surface area contributed by atoms with E-state index in [2.05, 4.69) is 24.2 Å². The Balaban J connectivity index is 2.21. The van der Waals surface area contributed by atoms with Crippen molar-refractivity contribution in [1.82, 2.24) is 10.2 Å². The van der Waals surface area contributed by atoms with Gasteiger partial charge in [0.1, 0.15) is 0 Å². The molecule has 0 saturated carbocycles. The maximum absolute atomic E-state index is 11.8. The van der Waals surface area contributed by atoms with Crippen LogP contribution < -0.4 is 5.32 Å². The predicted octanol–water partition coefficient (Wildman–Crippen LogP) is 1.96. The third-order valence-corrected chi connectivity index (χ3v) is 4.65. The molecule has 104 valence electrons. The van der Waals surface area contributed by atoms with E-state index >= 15 is 0 Å². The van der Waals surface area contributed by atoms with Crippen LogP contribution in [0.15, 0.2) is 4.99 Å². The molecule has 0 bridgehead atoms. The second-order valence-electron chi connectivity index (χ2n) is 4.79. The molecule has 4 nitrogen and oxygen atoms in total. The number of hydrogen-bond donors (Lipinski definition) is 1. The lowest BCUT2D eigenvalue weighted by Crippen LogP contribution is -2.33. The molecule has 18 heavy (non-hydrogen) atoms. The molecule has 1 rings (SSSR count). The molecule has 0 aliphatic carbocycles. The van der Waals surface area contributed by atoms with Crippen LogP contribution in [0.2, 0.25) is 0 Å². The van der Waals surface area contributed by atoms with Crippen LogP contribution in [-0.2, 0) is 4.79 Å². The lowest BCUT2D eigenvalue weighted by molar-refractivity contribution is -0.130. The number of aliphatic imine (C=N–C) groups is 1. The molecule has 0 aromatic heterocycles. The first kappa shape index (κ1) is 15.3. The summed E-state index contributed by atoms with van der Waals surface area (Å²) < 4.78 is 0. The van der Waals surface area contributed by atoms with Gasteiger partial charge in [0.15, 0.2) is 5.17 Å². The van der Waals surface area contributed by atoms with Crippen molar-refractivity contribution in [3.63, 3.8) is 0 Å². The minimum absolute atomic E-state index is 0.219. The van der Waals surface area contributed by atoms with E-state index in [0.29, 0.717) is 24.1 Å². The van der Waals surface area contributed by atoms with Gasteiger partial charge in [-0.25, -0.2) is 0 Å². The van der Waals surface area contributed by atoms with E-state index in [1.54, 1.807) is 11.8 Å². The van der Waals surface area contributed by atoms with Gasteiger partial charge in [0, 0.05) is 31.3 Å². The van der Waals surface area contributed by atoms with Crippen molar-refractivity contribution in [3.8, 4) is 0 Å². The van der Waals surface area contributed by atoms with Crippen LogP contribution in [0.4, 0.5) is 0 Å². The molecule has 0 saturated heterocycles. The molecule has 1 aliphatic heterocycles. The van der Waals surface area contributed by atoms with Crippen molar-refractivity contribution in [2.45, 2.75) is 39.4 Å². The average Bonchev–Trinajstić information content (AvgIpc) is 2.79. The van der Waals surface area contributed by atoms with Gasteiger partial charge in [-0.15, -0.1) is 0 Å².